The molecule has 2 aromatic rings. The molecular formula is C20H21BrClN3O2. The number of nitrogens with zero attached hydrogens (tertiary/aromatic N) is 2. The molecule has 2 amide bonds. The molecule has 1 fully saturated rings. The third-order valence-corrected chi connectivity index (χ3v) is 5.50. The van der Waals surface area contributed by atoms with E-state index in [0.29, 0.717) is 30.2 Å². The molecule has 0 radical (unpaired) electrons. The van der Waals surface area contributed by atoms with Gasteiger partial charge >= 0.3 is 6.03 Å². The molecule has 1 aliphatic rings. The van der Waals surface area contributed by atoms with E-state index in [-0.39, 0.29) is 11.8 Å². The van der Waals surface area contributed by atoms with E-state index in [4.69, 9.17) is 11.6 Å². The minimum absolute atomic E-state index is 0.0638. The predicted molar refractivity (Wildman–Crippen MR) is 112 cm³/mol. The van der Waals surface area contributed by atoms with Crippen molar-refractivity contribution in [2.24, 2.45) is 0 Å². The number of nitrogens with one attached hydrogen (secondary N) is 1. The first-order chi connectivity index (χ1) is 12.9. The van der Waals surface area contributed by atoms with Gasteiger partial charge in [-0.15, -0.1) is 0 Å². The van der Waals surface area contributed by atoms with Gasteiger partial charge in [0.15, 0.2) is 5.78 Å². The molecule has 7 heteroatoms. The SMILES string of the molecule is CC(=O)c1ccc(N2CCN(C(=O)NCc3ccc(Br)cc3Cl)CC2)cc1. The van der Waals surface area contributed by atoms with Gasteiger partial charge in [0.2, 0.25) is 0 Å². The fourth-order valence-corrected chi connectivity index (χ4v) is 3.76. The third-order valence-electron chi connectivity index (χ3n) is 4.65. The average Bonchev–Trinajstić information content (AvgIpc) is 2.67. The topological polar surface area (TPSA) is 52.7 Å². The van der Waals surface area contributed by atoms with Crippen molar-refractivity contribution in [3.63, 3.8) is 0 Å². The van der Waals surface area contributed by atoms with Crippen LogP contribution in [0.25, 0.3) is 0 Å². The van der Waals surface area contributed by atoms with Crippen LogP contribution in [0.4, 0.5) is 10.5 Å². The van der Waals surface area contributed by atoms with Crippen LogP contribution in [0, 0.1) is 0 Å². The lowest BCUT2D eigenvalue weighted by atomic mass is 10.1. The molecule has 0 aromatic heterocycles. The van der Waals surface area contributed by atoms with E-state index in [1.807, 2.05) is 47.4 Å². The molecule has 0 atom stereocenters. The summed E-state index contributed by atoms with van der Waals surface area (Å²) in [6.07, 6.45) is 0. The number of carbonyl (C=O) groups is 2. The summed E-state index contributed by atoms with van der Waals surface area (Å²) < 4.78 is 0.912. The van der Waals surface area contributed by atoms with Gasteiger partial charge in [-0.3, -0.25) is 4.79 Å². The molecule has 0 bridgehead atoms. The van der Waals surface area contributed by atoms with Crippen molar-refractivity contribution in [2.75, 3.05) is 31.1 Å². The zero-order valence-corrected chi connectivity index (χ0v) is 17.4. The second kappa shape index (κ2) is 8.76. The van der Waals surface area contributed by atoms with Crippen LogP contribution in [-0.4, -0.2) is 42.9 Å². The summed E-state index contributed by atoms with van der Waals surface area (Å²) in [6.45, 7) is 4.77. The summed E-state index contributed by atoms with van der Waals surface area (Å²) >= 11 is 9.57. The van der Waals surface area contributed by atoms with Crippen LogP contribution in [0.5, 0.6) is 0 Å². The Morgan fingerprint density at radius 2 is 1.74 bits per heavy atom. The van der Waals surface area contributed by atoms with Crippen molar-refractivity contribution < 1.29 is 9.59 Å². The maximum atomic E-state index is 12.4. The fraction of sp³-hybridized carbons (Fsp3) is 0.300. The smallest absolute Gasteiger partial charge is 0.317 e. The molecule has 27 heavy (non-hydrogen) atoms. The van der Waals surface area contributed by atoms with Crippen molar-refractivity contribution in [3.8, 4) is 0 Å². The predicted octanol–water partition coefficient (Wildman–Crippen LogP) is 4.34. The maximum absolute atomic E-state index is 12.4. The molecule has 1 heterocycles. The first kappa shape index (κ1) is 19.7. The number of anilines is 1. The number of ketones is 1. The van der Waals surface area contributed by atoms with Gasteiger partial charge in [0.25, 0.3) is 0 Å². The van der Waals surface area contributed by atoms with Crippen LogP contribution in [0.15, 0.2) is 46.9 Å². The Balaban J connectivity index is 1.51. The fourth-order valence-electron chi connectivity index (χ4n) is 3.02. The number of Topliss-reactive ketones (excluding diaryl/α,β-unsaturated/α-hetero) is 1. The molecule has 1 N–H and O–H groups in total. The number of rotatable bonds is 4. The first-order valence-corrected chi connectivity index (χ1v) is 9.94. The quantitative estimate of drug-likeness (QED) is 0.705. The maximum Gasteiger partial charge on any atom is 0.317 e. The number of hydrogen-bond donors (Lipinski definition) is 1. The van der Waals surface area contributed by atoms with Gasteiger partial charge in [-0.1, -0.05) is 33.6 Å². The van der Waals surface area contributed by atoms with Gasteiger partial charge in [-0.05, 0) is 48.9 Å². The summed E-state index contributed by atoms with van der Waals surface area (Å²) in [5, 5.41) is 3.56. The molecule has 142 valence electrons. The summed E-state index contributed by atoms with van der Waals surface area (Å²) in [5.41, 5.74) is 2.67. The second-order valence-electron chi connectivity index (χ2n) is 6.47. The highest BCUT2D eigenvalue weighted by atomic mass is 79.9. The van der Waals surface area contributed by atoms with Crippen molar-refractivity contribution in [2.45, 2.75) is 13.5 Å². The van der Waals surface area contributed by atoms with Gasteiger partial charge in [-0.25, -0.2) is 4.79 Å². The van der Waals surface area contributed by atoms with E-state index in [1.165, 1.54) is 0 Å². The van der Waals surface area contributed by atoms with Crippen molar-refractivity contribution in [1.29, 1.82) is 0 Å². The Morgan fingerprint density at radius 1 is 1.07 bits per heavy atom. The van der Waals surface area contributed by atoms with Crippen LogP contribution in [0.2, 0.25) is 5.02 Å². The Kier molecular flexibility index (Phi) is 6.39. The standard InChI is InChI=1S/C20H21BrClN3O2/c1-14(26)15-3-6-18(7-4-15)24-8-10-25(11-9-24)20(27)23-13-16-2-5-17(21)12-19(16)22/h2-7,12H,8-11,13H2,1H3,(H,23,27). The Morgan fingerprint density at radius 3 is 2.33 bits per heavy atom. The number of urea groups is 1. The lowest BCUT2D eigenvalue weighted by molar-refractivity contribution is 0.101. The molecule has 3 rings (SSSR count). The lowest BCUT2D eigenvalue weighted by Gasteiger charge is -2.36. The highest BCUT2D eigenvalue weighted by Gasteiger charge is 2.21. The molecule has 0 unspecified atom stereocenters. The first-order valence-electron chi connectivity index (χ1n) is 8.76. The highest BCUT2D eigenvalue weighted by Crippen LogP contribution is 2.21. The molecule has 2 aromatic carbocycles. The van der Waals surface area contributed by atoms with E-state index in [9.17, 15) is 9.59 Å². The van der Waals surface area contributed by atoms with E-state index < -0.39 is 0 Å². The van der Waals surface area contributed by atoms with Crippen LogP contribution in [-0.2, 0) is 6.54 Å². The molecule has 5 nitrogen and oxygen atoms in total. The van der Waals surface area contributed by atoms with Gasteiger partial charge in [-0.2, -0.15) is 0 Å². The normalized spacial score (nSPS) is 14.2. The molecule has 1 saturated heterocycles. The summed E-state index contributed by atoms with van der Waals surface area (Å²) in [4.78, 5) is 27.8. The summed E-state index contributed by atoms with van der Waals surface area (Å²) in [7, 11) is 0. The minimum Gasteiger partial charge on any atom is -0.368 e. The van der Waals surface area contributed by atoms with Crippen LogP contribution in [0.3, 0.4) is 0 Å². The number of benzene rings is 2. The number of halogens is 2. The van der Waals surface area contributed by atoms with E-state index in [0.717, 1.165) is 28.8 Å². The largest absolute Gasteiger partial charge is 0.368 e. The van der Waals surface area contributed by atoms with Gasteiger partial charge in [0.1, 0.15) is 0 Å². The molecular weight excluding hydrogens is 430 g/mol. The van der Waals surface area contributed by atoms with Crippen molar-refractivity contribution in [3.05, 3.63) is 63.1 Å². The molecule has 0 saturated carbocycles. The van der Waals surface area contributed by atoms with Crippen LogP contribution < -0.4 is 10.2 Å². The van der Waals surface area contributed by atoms with Crippen LogP contribution >= 0.6 is 27.5 Å². The molecule has 0 spiro atoms. The van der Waals surface area contributed by atoms with Gasteiger partial charge in [0, 0.05) is 53.5 Å². The number of carbonyl (C=O) groups excluding carboxylic acids is 2. The number of hydrogen-bond acceptors (Lipinski definition) is 3. The average molecular weight is 451 g/mol. The van der Waals surface area contributed by atoms with E-state index in [1.54, 1.807) is 6.92 Å². The van der Waals surface area contributed by atoms with E-state index >= 15 is 0 Å². The minimum atomic E-state index is -0.0828. The van der Waals surface area contributed by atoms with E-state index in [2.05, 4.69) is 26.1 Å². The highest BCUT2D eigenvalue weighted by molar-refractivity contribution is 9.10. The van der Waals surface area contributed by atoms with Crippen molar-refractivity contribution >= 4 is 45.0 Å². The molecule has 0 aliphatic carbocycles. The summed E-state index contributed by atoms with van der Waals surface area (Å²) in [6, 6.07) is 13.2. The Hall–Kier alpha value is -2.05. The zero-order chi connectivity index (χ0) is 19.4. The summed E-state index contributed by atoms with van der Waals surface area (Å²) in [5.74, 6) is 0.0638. The third kappa shape index (κ3) is 5.02. The number of amides is 2. The monoisotopic (exact) mass is 449 g/mol. The zero-order valence-electron chi connectivity index (χ0n) is 15.0. The number of piperazine rings is 1. The van der Waals surface area contributed by atoms with Crippen LogP contribution in [0.1, 0.15) is 22.8 Å². The van der Waals surface area contributed by atoms with Gasteiger partial charge in [0.05, 0.1) is 0 Å². The van der Waals surface area contributed by atoms with Gasteiger partial charge < -0.3 is 15.1 Å². The molecule has 1 aliphatic heterocycles. The van der Waals surface area contributed by atoms with Crippen molar-refractivity contribution in [1.82, 2.24) is 10.2 Å². The second-order valence-corrected chi connectivity index (χ2v) is 7.79. The lowest BCUT2D eigenvalue weighted by Crippen LogP contribution is -2.51. The Labute approximate surface area is 172 Å². The Bertz CT molecular complexity index is 834.